The number of hydrogen-bond acceptors (Lipinski definition) is 4. The maximum Gasteiger partial charge on any atom is 0.211 e. The molecule has 2 rings (SSSR count). The quantitative estimate of drug-likeness (QED) is 0.779. The Hall–Kier alpha value is -2.30. The van der Waals surface area contributed by atoms with Gasteiger partial charge in [-0.1, -0.05) is 0 Å². The summed E-state index contributed by atoms with van der Waals surface area (Å²) in [6.45, 7) is 1.69. The van der Waals surface area contributed by atoms with Gasteiger partial charge in [0.25, 0.3) is 0 Å². The van der Waals surface area contributed by atoms with Crippen LogP contribution in [0.25, 0.3) is 0 Å². The molecule has 0 aliphatic rings. The van der Waals surface area contributed by atoms with E-state index in [1.54, 1.807) is 6.92 Å². The molecule has 2 aromatic rings. The number of benzene rings is 1. The molecule has 18 heavy (non-hydrogen) atoms. The van der Waals surface area contributed by atoms with Crippen molar-refractivity contribution in [3.63, 3.8) is 0 Å². The van der Waals surface area contributed by atoms with Crippen molar-refractivity contribution < 1.29 is 13.9 Å². The summed E-state index contributed by atoms with van der Waals surface area (Å²) in [6, 6.07) is 5.55. The van der Waals surface area contributed by atoms with Gasteiger partial charge in [0.1, 0.15) is 11.5 Å². The number of rotatable bonds is 3. The van der Waals surface area contributed by atoms with Gasteiger partial charge in [-0.25, -0.2) is 14.4 Å². The lowest BCUT2D eigenvalue weighted by atomic mass is 10.1. The van der Waals surface area contributed by atoms with Gasteiger partial charge < -0.3 is 4.74 Å². The predicted molar refractivity (Wildman–Crippen MR) is 63.2 cm³/mol. The van der Waals surface area contributed by atoms with Crippen LogP contribution in [0.5, 0.6) is 5.75 Å². The average Bonchev–Trinajstić information content (AvgIpc) is 2.37. The summed E-state index contributed by atoms with van der Waals surface area (Å²) < 4.78 is 18.3. The van der Waals surface area contributed by atoms with E-state index in [0.29, 0.717) is 5.82 Å². The molecule has 1 aromatic carbocycles. The number of hydrogen-bond donors (Lipinski definition) is 0. The van der Waals surface area contributed by atoms with Crippen molar-refractivity contribution in [3.05, 3.63) is 53.4 Å². The molecule has 0 aliphatic carbocycles. The summed E-state index contributed by atoms with van der Waals surface area (Å²) >= 11 is 0. The van der Waals surface area contributed by atoms with Crippen LogP contribution in [0.1, 0.15) is 21.9 Å². The van der Waals surface area contributed by atoms with Gasteiger partial charge in [-0.05, 0) is 31.2 Å². The van der Waals surface area contributed by atoms with E-state index in [0.717, 1.165) is 6.07 Å². The normalized spacial score (nSPS) is 10.2. The Morgan fingerprint density at radius 1 is 1.33 bits per heavy atom. The molecular formula is C13H11FN2O2. The zero-order valence-corrected chi connectivity index (χ0v) is 9.98. The Morgan fingerprint density at radius 3 is 2.72 bits per heavy atom. The number of ketones is 1. The maximum absolute atomic E-state index is 13.5. The van der Waals surface area contributed by atoms with Crippen LogP contribution < -0.4 is 4.74 Å². The van der Waals surface area contributed by atoms with E-state index in [4.69, 9.17) is 4.74 Å². The fraction of sp³-hybridized carbons (Fsp3) is 0.154. The van der Waals surface area contributed by atoms with Gasteiger partial charge >= 0.3 is 0 Å². The summed E-state index contributed by atoms with van der Waals surface area (Å²) in [5, 5.41) is 0. The Labute approximate surface area is 103 Å². The second-order valence-electron chi connectivity index (χ2n) is 3.67. The number of nitrogens with zero attached hydrogens (tertiary/aromatic N) is 2. The molecule has 0 saturated heterocycles. The Bertz CT molecular complexity index is 599. The number of aryl methyl sites for hydroxylation is 1. The molecule has 4 nitrogen and oxygen atoms in total. The number of carbonyl (C=O) groups is 1. The van der Waals surface area contributed by atoms with Crippen LogP contribution in [-0.2, 0) is 0 Å². The number of aromatic nitrogens is 2. The molecular weight excluding hydrogens is 235 g/mol. The Morgan fingerprint density at radius 2 is 2.11 bits per heavy atom. The highest BCUT2D eigenvalue weighted by atomic mass is 19.1. The third kappa shape index (κ3) is 2.34. The highest BCUT2D eigenvalue weighted by Gasteiger charge is 2.13. The van der Waals surface area contributed by atoms with Gasteiger partial charge in [0, 0.05) is 11.8 Å². The molecule has 0 atom stereocenters. The van der Waals surface area contributed by atoms with E-state index in [2.05, 4.69) is 9.97 Å². The van der Waals surface area contributed by atoms with Crippen molar-refractivity contribution in [2.24, 2.45) is 0 Å². The minimum Gasteiger partial charge on any atom is -0.494 e. The highest BCUT2D eigenvalue weighted by molar-refractivity contribution is 6.07. The summed E-state index contributed by atoms with van der Waals surface area (Å²) in [7, 11) is 1.37. The molecule has 5 heteroatoms. The monoisotopic (exact) mass is 246 g/mol. The van der Waals surface area contributed by atoms with E-state index in [-0.39, 0.29) is 22.8 Å². The molecule has 92 valence electrons. The van der Waals surface area contributed by atoms with Crippen molar-refractivity contribution in [1.82, 2.24) is 9.97 Å². The molecule has 0 saturated carbocycles. The zero-order valence-electron chi connectivity index (χ0n) is 9.98. The van der Waals surface area contributed by atoms with Crippen molar-refractivity contribution in [1.29, 1.82) is 0 Å². The second-order valence-corrected chi connectivity index (χ2v) is 3.67. The minimum absolute atomic E-state index is 0.102. The van der Waals surface area contributed by atoms with E-state index in [1.165, 1.54) is 31.5 Å². The lowest BCUT2D eigenvalue weighted by Gasteiger charge is -2.04. The van der Waals surface area contributed by atoms with Gasteiger partial charge in [0.2, 0.25) is 5.78 Å². The van der Waals surface area contributed by atoms with Crippen LogP contribution in [0, 0.1) is 12.7 Å². The van der Waals surface area contributed by atoms with Crippen molar-refractivity contribution in [3.8, 4) is 5.75 Å². The van der Waals surface area contributed by atoms with Crippen LogP contribution in [0.3, 0.4) is 0 Å². The number of ether oxygens (including phenoxy) is 1. The highest BCUT2D eigenvalue weighted by Crippen LogP contribution is 2.19. The standard InChI is InChI=1S/C13H11FN2O2/c1-8-15-6-5-11(16-8)13(17)9-3-4-12(18-2)10(14)7-9/h3-7H,1-2H3. The third-order valence-corrected chi connectivity index (χ3v) is 2.42. The van der Waals surface area contributed by atoms with Crippen LogP contribution in [0.4, 0.5) is 4.39 Å². The van der Waals surface area contributed by atoms with Crippen LogP contribution >= 0.6 is 0 Å². The van der Waals surface area contributed by atoms with E-state index in [1.807, 2.05) is 0 Å². The molecule has 0 amide bonds. The molecule has 0 radical (unpaired) electrons. The lowest BCUT2D eigenvalue weighted by molar-refractivity contribution is 0.103. The molecule has 0 fully saturated rings. The number of halogens is 1. The molecule has 0 bridgehead atoms. The molecule has 0 spiro atoms. The summed E-state index contributed by atoms with van der Waals surface area (Å²) in [5.41, 5.74) is 0.471. The largest absolute Gasteiger partial charge is 0.494 e. The topological polar surface area (TPSA) is 52.1 Å². The summed E-state index contributed by atoms with van der Waals surface area (Å²) in [4.78, 5) is 20.0. The predicted octanol–water partition coefficient (Wildman–Crippen LogP) is 2.16. The van der Waals surface area contributed by atoms with E-state index >= 15 is 0 Å². The molecule has 0 N–H and O–H groups in total. The first-order valence-corrected chi connectivity index (χ1v) is 5.29. The fourth-order valence-electron chi connectivity index (χ4n) is 1.54. The summed E-state index contributed by atoms with van der Waals surface area (Å²) in [5.74, 6) is -0.323. The van der Waals surface area contributed by atoms with Crippen LogP contribution in [-0.4, -0.2) is 22.9 Å². The zero-order chi connectivity index (χ0) is 13.1. The smallest absolute Gasteiger partial charge is 0.211 e. The minimum atomic E-state index is -0.575. The summed E-state index contributed by atoms with van der Waals surface area (Å²) in [6.07, 6.45) is 1.50. The SMILES string of the molecule is COc1ccc(C(=O)c2ccnc(C)n2)cc1F. The number of methoxy groups -OCH3 is 1. The van der Waals surface area contributed by atoms with Crippen molar-refractivity contribution in [2.75, 3.05) is 7.11 Å². The second kappa shape index (κ2) is 4.91. The van der Waals surface area contributed by atoms with Crippen molar-refractivity contribution in [2.45, 2.75) is 6.92 Å². The first kappa shape index (κ1) is 12.2. The first-order chi connectivity index (χ1) is 8.61. The van der Waals surface area contributed by atoms with Crippen LogP contribution in [0.2, 0.25) is 0 Å². The third-order valence-electron chi connectivity index (χ3n) is 2.42. The average molecular weight is 246 g/mol. The van der Waals surface area contributed by atoms with Gasteiger partial charge in [-0.2, -0.15) is 0 Å². The van der Waals surface area contributed by atoms with E-state index < -0.39 is 5.82 Å². The molecule has 1 aromatic heterocycles. The molecule has 0 unspecified atom stereocenters. The van der Waals surface area contributed by atoms with Gasteiger partial charge in [0.15, 0.2) is 11.6 Å². The van der Waals surface area contributed by atoms with Gasteiger partial charge in [0.05, 0.1) is 7.11 Å². The van der Waals surface area contributed by atoms with Gasteiger partial charge in [-0.15, -0.1) is 0 Å². The lowest BCUT2D eigenvalue weighted by Crippen LogP contribution is -2.06. The first-order valence-electron chi connectivity index (χ1n) is 5.29. The van der Waals surface area contributed by atoms with E-state index in [9.17, 15) is 9.18 Å². The fourth-order valence-corrected chi connectivity index (χ4v) is 1.54. The Balaban J connectivity index is 2.37. The Kier molecular flexibility index (Phi) is 3.32. The van der Waals surface area contributed by atoms with Gasteiger partial charge in [-0.3, -0.25) is 4.79 Å². The van der Waals surface area contributed by atoms with Crippen molar-refractivity contribution >= 4 is 5.78 Å². The molecule has 1 heterocycles. The number of carbonyl (C=O) groups excluding carboxylic acids is 1. The van der Waals surface area contributed by atoms with Crippen LogP contribution in [0.15, 0.2) is 30.5 Å². The molecule has 0 aliphatic heterocycles. The maximum atomic E-state index is 13.5.